The van der Waals surface area contributed by atoms with Crippen LogP contribution in [0, 0.1) is 5.92 Å². The van der Waals surface area contributed by atoms with Gasteiger partial charge in [0, 0.05) is 6.42 Å². The number of hydrogen-bond donors (Lipinski definition) is 2. The molecule has 0 spiro atoms. The third-order valence-corrected chi connectivity index (χ3v) is 1.88. The average molecular weight is 199 g/mol. The van der Waals surface area contributed by atoms with Gasteiger partial charge in [-0.15, -0.1) is 0 Å². The molecule has 1 rings (SSSR count). The second-order valence-corrected chi connectivity index (χ2v) is 3.91. The normalized spacial score (nSPS) is 15.9. The Bertz CT molecular complexity index is 283. The predicted octanol–water partition coefficient (Wildman–Crippen LogP) is 0.649. The van der Waals surface area contributed by atoms with E-state index in [1.807, 2.05) is 0 Å². The Morgan fingerprint density at radius 1 is 1.43 bits per heavy atom. The van der Waals surface area contributed by atoms with Crippen molar-refractivity contribution in [1.29, 1.82) is 0 Å². The van der Waals surface area contributed by atoms with Crippen molar-refractivity contribution in [3.8, 4) is 0 Å². The Kier molecular flexibility index (Phi) is 3.60. The lowest BCUT2D eigenvalue weighted by molar-refractivity contribution is 0.146. The fourth-order valence-electron chi connectivity index (χ4n) is 1.06. The number of aromatic nitrogens is 2. The maximum absolute atomic E-state index is 9.21. The maximum atomic E-state index is 9.21. The molecule has 80 valence electrons. The van der Waals surface area contributed by atoms with E-state index < -0.39 is 12.1 Å². The highest BCUT2D eigenvalue weighted by atomic mass is 16.5. The largest absolute Gasteiger partial charge is 0.391 e. The van der Waals surface area contributed by atoms with E-state index in [4.69, 9.17) is 10.3 Å². The van der Waals surface area contributed by atoms with Crippen LogP contribution < -0.4 is 5.73 Å². The summed E-state index contributed by atoms with van der Waals surface area (Å²) in [6.45, 7) is 5.74. The summed E-state index contributed by atoms with van der Waals surface area (Å²) in [5.41, 5.74) is 5.64. The quantitative estimate of drug-likeness (QED) is 0.743. The van der Waals surface area contributed by atoms with E-state index in [0.29, 0.717) is 17.6 Å². The average Bonchev–Trinajstić information content (AvgIpc) is 2.50. The monoisotopic (exact) mass is 199 g/mol. The van der Waals surface area contributed by atoms with E-state index >= 15 is 0 Å². The molecule has 0 aromatic carbocycles. The SMILES string of the molecule is CC(C)Cc1noc(C(N)C(C)O)n1. The van der Waals surface area contributed by atoms with E-state index in [1.54, 1.807) is 6.92 Å². The van der Waals surface area contributed by atoms with Gasteiger partial charge < -0.3 is 15.4 Å². The first-order valence-corrected chi connectivity index (χ1v) is 4.76. The fraction of sp³-hybridized carbons (Fsp3) is 0.778. The van der Waals surface area contributed by atoms with Gasteiger partial charge in [-0.05, 0) is 12.8 Å². The molecule has 5 nitrogen and oxygen atoms in total. The first kappa shape index (κ1) is 11.1. The highest BCUT2D eigenvalue weighted by Gasteiger charge is 2.19. The Morgan fingerprint density at radius 2 is 2.07 bits per heavy atom. The van der Waals surface area contributed by atoms with Crippen LogP contribution in [0.2, 0.25) is 0 Å². The van der Waals surface area contributed by atoms with E-state index in [9.17, 15) is 5.11 Å². The lowest BCUT2D eigenvalue weighted by Crippen LogP contribution is -2.23. The van der Waals surface area contributed by atoms with Gasteiger partial charge in [-0.2, -0.15) is 4.98 Å². The molecule has 0 aliphatic carbocycles. The van der Waals surface area contributed by atoms with Crippen LogP contribution in [0.3, 0.4) is 0 Å². The van der Waals surface area contributed by atoms with Crippen LogP contribution in [0.25, 0.3) is 0 Å². The van der Waals surface area contributed by atoms with Gasteiger partial charge in [-0.1, -0.05) is 19.0 Å². The van der Waals surface area contributed by atoms with Crippen LogP contribution in [-0.2, 0) is 6.42 Å². The molecule has 1 aromatic rings. The van der Waals surface area contributed by atoms with Gasteiger partial charge in [0.1, 0.15) is 6.04 Å². The summed E-state index contributed by atoms with van der Waals surface area (Å²) >= 11 is 0. The second-order valence-electron chi connectivity index (χ2n) is 3.91. The highest BCUT2D eigenvalue weighted by Crippen LogP contribution is 2.13. The Morgan fingerprint density at radius 3 is 2.57 bits per heavy atom. The lowest BCUT2D eigenvalue weighted by atomic mass is 10.1. The minimum absolute atomic E-state index is 0.302. The van der Waals surface area contributed by atoms with Gasteiger partial charge >= 0.3 is 0 Å². The van der Waals surface area contributed by atoms with Crippen molar-refractivity contribution in [2.24, 2.45) is 11.7 Å². The number of aliphatic hydroxyl groups is 1. The second kappa shape index (κ2) is 4.52. The maximum Gasteiger partial charge on any atom is 0.246 e. The summed E-state index contributed by atoms with van der Waals surface area (Å²) in [6.07, 6.45) is 0.0816. The first-order chi connectivity index (χ1) is 6.50. The molecule has 0 radical (unpaired) electrons. The van der Waals surface area contributed by atoms with Crippen LogP contribution >= 0.6 is 0 Å². The van der Waals surface area contributed by atoms with Gasteiger partial charge in [0.15, 0.2) is 5.82 Å². The standard InChI is InChI=1S/C9H17N3O2/c1-5(2)4-7-11-9(14-12-7)8(10)6(3)13/h5-6,8,13H,4,10H2,1-3H3. The summed E-state index contributed by atoms with van der Waals surface area (Å²) in [5.74, 6) is 1.42. The van der Waals surface area contributed by atoms with E-state index in [2.05, 4.69) is 24.0 Å². The van der Waals surface area contributed by atoms with Crippen molar-refractivity contribution in [2.45, 2.75) is 39.3 Å². The van der Waals surface area contributed by atoms with Gasteiger partial charge in [-0.3, -0.25) is 0 Å². The topological polar surface area (TPSA) is 85.2 Å². The zero-order valence-electron chi connectivity index (χ0n) is 8.77. The van der Waals surface area contributed by atoms with Crippen molar-refractivity contribution in [1.82, 2.24) is 10.1 Å². The number of nitrogens with zero attached hydrogens (tertiary/aromatic N) is 2. The van der Waals surface area contributed by atoms with Crippen LogP contribution in [0.15, 0.2) is 4.52 Å². The molecule has 0 bridgehead atoms. The number of rotatable bonds is 4. The van der Waals surface area contributed by atoms with Crippen molar-refractivity contribution in [2.75, 3.05) is 0 Å². The van der Waals surface area contributed by atoms with Crippen molar-refractivity contribution < 1.29 is 9.63 Å². The molecule has 3 N–H and O–H groups in total. The smallest absolute Gasteiger partial charge is 0.246 e. The van der Waals surface area contributed by atoms with E-state index in [0.717, 1.165) is 6.42 Å². The third-order valence-electron chi connectivity index (χ3n) is 1.88. The van der Waals surface area contributed by atoms with Crippen molar-refractivity contribution in [3.05, 3.63) is 11.7 Å². The number of hydrogen-bond acceptors (Lipinski definition) is 5. The van der Waals surface area contributed by atoms with E-state index in [-0.39, 0.29) is 0 Å². The summed E-state index contributed by atoms with van der Waals surface area (Å²) in [7, 11) is 0. The predicted molar refractivity (Wildman–Crippen MR) is 51.4 cm³/mol. The molecule has 1 aromatic heterocycles. The van der Waals surface area contributed by atoms with Gasteiger partial charge in [0.25, 0.3) is 0 Å². The summed E-state index contributed by atoms with van der Waals surface area (Å²) in [5, 5.41) is 13.0. The van der Waals surface area contributed by atoms with Gasteiger partial charge in [-0.25, -0.2) is 0 Å². The zero-order chi connectivity index (χ0) is 10.7. The Hall–Kier alpha value is -0.940. The minimum atomic E-state index is -0.678. The molecule has 1 heterocycles. The van der Waals surface area contributed by atoms with Crippen LogP contribution in [0.1, 0.15) is 38.5 Å². The molecule has 2 unspecified atom stereocenters. The molecule has 2 atom stereocenters. The van der Waals surface area contributed by atoms with Gasteiger partial charge in [0.05, 0.1) is 6.10 Å². The minimum Gasteiger partial charge on any atom is -0.391 e. The van der Waals surface area contributed by atoms with Crippen LogP contribution in [-0.4, -0.2) is 21.4 Å². The zero-order valence-corrected chi connectivity index (χ0v) is 8.77. The molecule has 0 aliphatic heterocycles. The first-order valence-electron chi connectivity index (χ1n) is 4.76. The Balaban J connectivity index is 2.67. The Labute approximate surface area is 83.3 Å². The van der Waals surface area contributed by atoms with Crippen molar-refractivity contribution >= 4 is 0 Å². The molecule has 0 amide bonds. The lowest BCUT2D eigenvalue weighted by Gasteiger charge is -2.08. The molecule has 14 heavy (non-hydrogen) atoms. The molecular formula is C9H17N3O2. The number of aliphatic hydroxyl groups excluding tert-OH is 1. The summed E-state index contributed by atoms with van der Waals surface area (Å²) in [4.78, 5) is 4.11. The third kappa shape index (κ3) is 2.78. The van der Waals surface area contributed by atoms with Crippen LogP contribution in [0.4, 0.5) is 0 Å². The highest BCUT2D eigenvalue weighted by molar-refractivity contribution is 4.94. The molecule has 0 aliphatic rings. The van der Waals surface area contributed by atoms with Crippen molar-refractivity contribution in [3.63, 3.8) is 0 Å². The van der Waals surface area contributed by atoms with E-state index in [1.165, 1.54) is 0 Å². The summed E-state index contributed by atoms with van der Waals surface area (Å²) < 4.78 is 4.94. The molecule has 0 fully saturated rings. The molecule has 0 saturated carbocycles. The number of nitrogens with two attached hydrogens (primary N) is 1. The molecule has 5 heteroatoms. The molecular weight excluding hydrogens is 182 g/mol. The summed E-state index contributed by atoms with van der Waals surface area (Å²) in [6, 6.07) is -0.594. The van der Waals surface area contributed by atoms with Crippen LogP contribution in [0.5, 0.6) is 0 Å². The fourth-order valence-corrected chi connectivity index (χ4v) is 1.06. The molecule has 0 saturated heterocycles. The van der Waals surface area contributed by atoms with Gasteiger partial charge in [0.2, 0.25) is 5.89 Å².